The first-order valence-corrected chi connectivity index (χ1v) is 3.93. The van der Waals surface area contributed by atoms with Gasteiger partial charge in [-0.3, -0.25) is 4.68 Å². The zero-order chi connectivity index (χ0) is 8.27. The third kappa shape index (κ3) is 1.93. The standard InChI is InChI=1S/C7H10ClFN2/c1-2-6-5-11(4-3-9)10-7(6)8/h5H,2-4H2,1H3. The second-order valence-electron chi connectivity index (χ2n) is 2.25. The first-order chi connectivity index (χ1) is 5.27. The summed E-state index contributed by atoms with van der Waals surface area (Å²) in [5, 5.41) is 4.40. The molecule has 0 spiro atoms. The second-order valence-corrected chi connectivity index (χ2v) is 2.61. The lowest BCUT2D eigenvalue weighted by Gasteiger charge is -1.91. The van der Waals surface area contributed by atoms with E-state index < -0.39 is 6.67 Å². The van der Waals surface area contributed by atoms with Gasteiger partial charge in [-0.1, -0.05) is 18.5 Å². The van der Waals surface area contributed by atoms with E-state index in [2.05, 4.69) is 5.10 Å². The first-order valence-electron chi connectivity index (χ1n) is 3.55. The molecule has 62 valence electrons. The number of rotatable bonds is 3. The van der Waals surface area contributed by atoms with Gasteiger partial charge in [0.1, 0.15) is 6.67 Å². The van der Waals surface area contributed by atoms with Crippen LogP contribution in [0.5, 0.6) is 0 Å². The van der Waals surface area contributed by atoms with Crippen LogP contribution in [-0.4, -0.2) is 16.5 Å². The van der Waals surface area contributed by atoms with Crippen molar-refractivity contribution in [3.05, 3.63) is 16.9 Å². The Kier molecular flexibility index (Phi) is 2.88. The van der Waals surface area contributed by atoms with Crippen LogP contribution in [0.15, 0.2) is 6.20 Å². The Bertz CT molecular complexity index is 234. The zero-order valence-corrected chi connectivity index (χ0v) is 7.10. The van der Waals surface area contributed by atoms with Crippen molar-refractivity contribution < 1.29 is 4.39 Å². The first kappa shape index (κ1) is 8.53. The van der Waals surface area contributed by atoms with Crippen LogP contribution in [0, 0.1) is 0 Å². The molecule has 0 aliphatic rings. The maximum atomic E-state index is 11.8. The van der Waals surface area contributed by atoms with Gasteiger partial charge in [0.2, 0.25) is 0 Å². The minimum atomic E-state index is -0.402. The normalized spacial score (nSPS) is 10.5. The van der Waals surface area contributed by atoms with E-state index in [1.165, 1.54) is 4.68 Å². The summed E-state index contributed by atoms with van der Waals surface area (Å²) in [6.07, 6.45) is 2.62. The van der Waals surface area contributed by atoms with Crippen molar-refractivity contribution in [3.63, 3.8) is 0 Å². The highest BCUT2D eigenvalue weighted by Gasteiger charge is 2.02. The second kappa shape index (κ2) is 3.72. The van der Waals surface area contributed by atoms with Crippen molar-refractivity contribution in [2.24, 2.45) is 0 Å². The third-order valence-electron chi connectivity index (χ3n) is 1.48. The molecule has 0 aromatic carbocycles. The van der Waals surface area contributed by atoms with E-state index in [0.29, 0.717) is 11.7 Å². The van der Waals surface area contributed by atoms with Crippen LogP contribution in [0.25, 0.3) is 0 Å². The monoisotopic (exact) mass is 176 g/mol. The summed E-state index contributed by atoms with van der Waals surface area (Å²) < 4.78 is 13.3. The summed E-state index contributed by atoms with van der Waals surface area (Å²) in [6, 6.07) is 0. The Balaban J connectivity index is 2.77. The Morgan fingerprint density at radius 3 is 2.91 bits per heavy atom. The van der Waals surface area contributed by atoms with Crippen molar-refractivity contribution in [2.45, 2.75) is 19.9 Å². The van der Waals surface area contributed by atoms with Gasteiger partial charge in [-0.2, -0.15) is 5.10 Å². The van der Waals surface area contributed by atoms with Crippen molar-refractivity contribution >= 4 is 11.6 Å². The third-order valence-corrected chi connectivity index (χ3v) is 1.80. The Labute approximate surface area is 70.0 Å². The molecule has 1 heterocycles. The summed E-state index contributed by atoms with van der Waals surface area (Å²) in [5.41, 5.74) is 0.972. The van der Waals surface area contributed by atoms with E-state index in [1.54, 1.807) is 6.20 Å². The number of halogens is 2. The SMILES string of the molecule is CCc1cn(CCF)nc1Cl. The van der Waals surface area contributed by atoms with Crippen LogP contribution < -0.4 is 0 Å². The molecule has 0 saturated carbocycles. The average molecular weight is 177 g/mol. The van der Waals surface area contributed by atoms with Gasteiger partial charge < -0.3 is 0 Å². The van der Waals surface area contributed by atoms with Gasteiger partial charge >= 0.3 is 0 Å². The molecule has 0 aliphatic heterocycles. The fourth-order valence-corrected chi connectivity index (χ4v) is 1.16. The van der Waals surface area contributed by atoms with Crippen LogP contribution in [-0.2, 0) is 13.0 Å². The minimum absolute atomic E-state index is 0.291. The van der Waals surface area contributed by atoms with Gasteiger partial charge in [-0.15, -0.1) is 0 Å². The number of nitrogens with zero attached hydrogens (tertiary/aromatic N) is 2. The zero-order valence-electron chi connectivity index (χ0n) is 6.35. The Morgan fingerprint density at radius 1 is 1.73 bits per heavy atom. The Morgan fingerprint density at radius 2 is 2.45 bits per heavy atom. The lowest BCUT2D eigenvalue weighted by atomic mass is 10.3. The molecule has 2 nitrogen and oxygen atoms in total. The highest BCUT2D eigenvalue weighted by molar-refractivity contribution is 6.30. The van der Waals surface area contributed by atoms with Crippen LogP contribution in [0.2, 0.25) is 5.15 Å². The predicted molar refractivity (Wildman–Crippen MR) is 42.6 cm³/mol. The molecule has 0 unspecified atom stereocenters. The molecule has 0 fully saturated rings. The highest BCUT2D eigenvalue weighted by Crippen LogP contribution is 2.13. The summed E-state index contributed by atoms with van der Waals surface area (Å²) in [7, 11) is 0. The minimum Gasteiger partial charge on any atom is -0.268 e. The van der Waals surface area contributed by atoms with E-state index in [1.807, 2.05) is 6.92 Å². The molecule has 0 bridgehead atoms. The van der Waals surface area contributed by atoms with Crippen LogP contribution in [0.1, 0.15) is 12.5 Å². The predicted octanol–water partition coefficient (Wildman–Crippen LogP) is 2.07. The van der Waals surface area contributed by atoms with E-state index in [9.17, 15) is 4.39 Å². The molecule has 0 N–H and O–H groups in total. The number of hydrogen-bond acceptors (Lipinski definition) is 1. The Hall–Kier alpha value is -0.570. The van der Waals surface area contributed by atoms with Gasteiger partial charge in [0.15, 0.2) is 5.15 Å². The van der Waals surface area contributed by atoms with Gasteiger partial charge in [0.05, 0.1) is 6.54 Å². The van der Waals surface area contributed by atoms with Crippen molar-refractivity contribution in [2.75, 3.05) is 6.67 Å². The van der Waals surface area contributed by atoms with Crippen LogP contribution >= 0.6 is 11.6 Å². The topological polar surface area (TPSA) is 17.8 Å². The molecular weight excluding hydrogens is 167 g/mol. The fourth-order valence-electron chi connectivity index (χ4n) is 0.877. The summed E-state index contributed by atoms with van der Waals surface area (Å²) in [5.74, 6) is 0. The molecular formula is C7H10ClFN2. The number of aromatic nitrogens is 2. The molecule has 0 atom stereocenters. The maximum Gasteiger partial charge on any atom is 0.154 e. The number of alkyl halides is 1. The van der Waals surface area contributed by atoms with Gasteiger partial charge in [0.25, 0.3) is 0 Å². The summed E-state index contributed by atoms with van der Waals surface area (Å²) in [6.45, 7) is 1.88. The van der Waals surface area contributed by atoms with Crippen molar-refractivity contribution in [1.82, 2.24) is 9.78 Å². The van der Waals surface area contributed by atoms with Crippen molar-refractivity contribution in [1.29, 1.82) is 0 Å². The molecule has 0 saturated heterocycles. The molecule has 0 aliphatic carbocycles. The average Bonchev–Trinajstić information content (AvgIpc) is 2.32. The lowest BCUT2D eigenvalue weighted by Crippen LogP contribution is -1.99. The molecule has 4 heteroatoms. The quantitative estimate of drug-likeness (QED) is 0.690. The van der Waals surface area contributed by atoms with Crippen LogP contribution in [0.3, 0.4) is 0 Å². The van der Waals surface area contributed by atoms with Gasteiger partial charge in [-0.25, -0.2) is 4.39 Å². The lowest BCUT2D eigenvalue weighted by molar-refractivity contribution is 0.427. The maximum absolute atomic E-state index is 11.8. The molecule has 0 radical (unpaired) electrons. The molecule has 0 amide bonds. The molecule has 11 heavy (non-hydrogen) atoms. The fraction of sp³-hybridized carbons (Fsp3) is 0.571. The van der Waals surface area contributed by atoms with Gasteiger partial charge in [-0.05, 0) is 6.42 Å². The molecule has 1 rings (SSSR count). The van der Waals surface area contributed by atoms with E-state index in [-0.39, 0.29) is 0 Å². The summed E-state index contributed by atoms with van der Waals surface area (Å²) in [4.78, 5) is 0. The van der Waals surface area contributed by atoms with E-state index in [4.69, 9.17) is 11.6 Å². The van der Waals surface area contributed by atoms with Crippen molar-refractivity contribution in [3.8, 4) is 0 Å². The molecule has 1 aromatic heterocycles. The smallest absolute Gasteiger partial charge is 0.154 e. The molecule has 1 aromatic rings. The van der Waals surface area contributed by atoms with E-state index in [0.717, 1.165) is 12.0 Å². The number of hydrogen-bond donors (Lipinski definition) is 0. The van der Waals surface area contributed by atoms with Gasteiger partial charge in [0, 0.05) is 11.8 Å². The highest BCUT2D eigenvalue weighted by atomic mass is 35.5. The largest absolute Gasteiger partial charge is 0.268 e. The summed E-state index contributed by atoms with van der Waals surface area (Å²) >= 11 is 5.73. The number of aryl methyl sites for hydroxylation is 2. The van der Waals surface area contributed by atoms with Crippen LogP contribution in [0.4, 0.5) is 4.39 Å². The van der Waals surface area contributed by atoms with E-state index >= 15 is 0 Å².